The summed E-state index contributed by atoms with van der Waals surface area (Å²) >= 11 is 0. The van der Waals surface area contributed by atoms with Crippen molar-refractivity contribution >= 4 is 22.6 Å². The molecule has 2 N–H and O–H groups in total. The Kier molecular flexibility index (Phi) is 3.79. The summed E-state index contributed by atoms with van der Waals surface area (Å²) in [5.74, 6) is -0.173. The van der Waals surface area contributed by atoms with E-state index in [2.05, 4.69) is 31.1 Å². The maximum Gasteiger partial charge on any atom is 0.326 e. The van der Waals surface area contributed by atoms with Crippen LogP contribution in [0.5, 0.6) is 0 Å². The number of aromatic amines is 1. The summed E-state index contributed by atoms with van der Waals surface area (Å²) in [6, 6.07) is 13.0. The summed E-state index contributed by atoms with van der Waals surface area (Å²) in [4.78, 5) is 26.8. The lowest BCUT2D eigenvalue weighted by Gasteiger charge is -2.19. The van der Waals surface area contributed by atoms with E-state index in [0.29, 0.717) is 16.8 Å². The summed E-state index contributed by atoms with van der Waals surface area (Å²) < 4.78 is 1.53. The molecule has 3 aromatic rings. The molecule has 0 unspecified atom stereocenters. The van der Waals surface area contributed by atoms with Gasteiger partial charge >= 0.3 is 5.69 Å². The van der Waals surface area contributed by atoms with E-state index < -0.39 is 0 Å². The number of aromatic nitrogens is 2. The summed E-state index contributed by atoms with van der Waals surface area (Å²) in [5, 5.41) is 2.87. The number of H-pyrrole nitrogens is 1. The van der Waals surface area contributed by atoms with Crippen molar-refractivity contribution in [2.24, 2.45) is 7.05 Å². The Hall–Kier alpha value is -2.82. The minimum Gasteiger partial charge on any atom is -0.322 e. The molecular weight excluding hydrogens is 302 g/mol. The number of amides is 1. The van der Waals surface area contributed by atoms with Crippen LogP contribution in [0.2, 0.25) is 0 Å². The molecule has 0 saturated carbocycles. The van der Waals surface area contributed by atoms with Crippen LogP contribution in [-0.4, -0.2) is 15.5 Å². The number of benzene rings is 2. The minimum atomic E-state index is -0.175. The fourth-order valence-electron chi connectivity index (χ4n) is 2.64. The molecular formula is C19H21N3O2. The number of nitrogens with one attached hydrogen (secondary N) is 2. The van der Waals surface area contributed by atoms with Gasteiger partial charge in [-0.25, -0.2) is 4.79 Å². The average Bonchev–Trinajstić information content (AvgIpc) is 2.81. The van der Waals surface area contributed by atoms with Gasteiger partial charge in [0.05, 0.1) is 11.0 Å². The van der Waals surface area contributed by atoms with Crippen LogP contribution in [0.15, 0.2) is 47.3 Å². The largest absolute Gasteiger partial charge is 0.326 e. The third-order valence-electron chi connectivity index (χ3n) is 4.18. The number of carbonyl (C=O) groups excluding carboxylic acids is 1. The third kappa shape index (κ3) is 2.97. The van der Waals surface area contributed by atoms with E-state index in [1.807, 2.05) is 30.3 Å². The molecule has 0 aliphatic heterocycles. The number of aryl methyl sites for hydroxylation is 1. The summed E-state index contributed by atoms with van der Waals surface area (Å²) in [6.45, 7) is 6.41. The molecule has 0 bridgehead atoms. The molecule has 124 valence electrons. The van der Waals surface area contributed by atoms with Gasteiger partial charge < -0.3 is 10.3 Å². The van der Waals surface area contributed by atoms with Gasteiger partial charge in [0.1, 0.15) is 0 Å². The number of nitrogens with zero attached hydrogens (tertiary/aromatic N) is 1. The first-order valence-electron chi connectivity index (χ1n) is 7.86. The van der Waals surface area contributed by atoms with E-state index in [9.17, 15) is 9.59 Å². The first-order chi connectivity index (χ1) is 11.3. The molecule has 0 radical (unpaired) electrons. The van der Waals surface area contributed by atoms with Gasteiger partial charge in [0.25, 0.3) is 5.91 Å². The second-order valence-corrected chi connectivity index (χ2v) is 7.00. The lowest BCUT2D eigenvalue weighted by molar-refractivity contribution is 0.102. The van der Waals surface area contributed by atoms with Crippen molar-refractivity contribution in [3.05, 3.63) is 64.1 Å². The van der Waals surface area contributed by atoms with Gasteiger partial charge in [-0.3, -0.25) is 9.36 Å². The minimum absolute atomic E-state index is 0.0548. The summed E-state index contributed by atoms with van der Waals surface area (Å²) in [7, 11) is 1.70. The number of imidazole rings is 1. The molecule has 5 nitrogen and oxygen atoms in total. The van der Waals surface area contributed by atoms with Crippen molar-refractivity contribution < 1.29 is 4.79 Å². The van der Waals surface area contributed by atoms with E-state index in [1.54, 1.807) is 19.2 Å². The van der Waals surface area contributed by atoms with Gasteiger partial charge in [0, 0.05) is 18.3 Å². The third-order valence-corrected chi connectivity index (χ3v) is 4.18. The van der Waals surface area contributed by atoms with Crippen LogP contribution in [0.4, 0.5) is 5.69 Å². The van der Waals surface area contributed by atoms with Crippen LogP contribution in [-0.2, 0) is 12.5 Å². The second kappa shape index (κ2) is 5.67. The standard InChI is InChI=1S/C19H21N3O2/c1-19(2,3)13-7-5-12(6-8-13)17(23)20-14-9-10-16-15(11-14)21-18(24)22(16)4/h5-11H,1-4H3,(H,20,23)(H,21,24). The number of hydrogen-bond acceptors (Lipinski definition) is 2. The molecule has 3 rings (SSSR count). The Morgan fingerprint density at radius 3 is 2.38 bits per heavy atom. The van der Waals surface area contributed by atoms with E-state index in [4.69, 9.17) is 0 Å². The molecule has 1 amide bonds. The molecule has 0 aliphatic carbocycles. The molecule has 0 spiro atoms. The lowest BCUT2D eigenvalue weighted by atomic mass is 9.87. The van der Waals surface area contributed by atoms with E-state index in [1.165, 1.54) is 10.1 Å². The monoisotopic (exact) mass is 323 g/mol. The zero-order valence-corrected chi connectivity index (χ0v) is 14.3. The number of fused-ring (bicyclic) bond motifs is 1. The molecule has 0 atom stereocenters. The highest BCUT2D eigenvalue weighted by atomic mass is 16.2. The predicted octanol–water partition coefficient (Wildman–Crippen LogP) is 3.42. The fraction of sp³-hybridized carbons (Fsp3) is 0.263. The molecule has 0 aliphatic rings. The zero-order valence-electron chi connectivity index (χ0n) is 14.3. The van der Waals surface area contributed by atoms with Crippen molar-refractivity contribution in [3.8, 4) is 0 Å². The van der Waals surface area contributed by atoms with Gasteiger partial charge in [0.2, 0.25) is 0 Å². The van der Waals surface area contributed by atoms with Crippen molar-refractivity contribution in [1.82, 2.24) is 9.55 Å². The number of rotatable bonds is 2. The van der Waals surface area contributed by atoms with Crippen molar-refractivity contribution in [1.29, 1.82) is 0 Å². The van der Waals surface area contributed by atoms with Gasteiger partial charge in [0.15, 0.2) is 0 Å². The van der Waals surface area contributed by atoms with Crippen LogP contribution in [0.1, 0.15) is 36.7 Å². The SMILES string of the molecule is Cn1c(=O)[nH]c2cc(NC(=O)c3ccc(C(C)(C)C)cc3)ccc21. The Bertz CT molecular complexity index is 957. The number of carbonyl (C=O) groups is 1. The highest BCUT2D eigenvalue weighted by Crippen LogP contribution is 2.23. The van der Waals surface area contributed by atoms with Gasteiger partial charge in [-0.1, -0.05) is 32.9 Å². The van der Waals surface area contributed by atoms with Crippen LogP contribution < -0.4 is 11.0 Å². The molecule has 1 aromatic heterocycles. The Balaban J connectivity index is 1.83. The second-order valence-electron chi connectivity index (χ2n) is 7.00. The smallest absolute Gasteiger partial charge is 0.322 e. The zero-order chi connectivity index (χ0) is 17.5. The first-order valence-corrected chi connectivity index (χ1v) is 7.86. The van der Waals surface area contributed by atoms with Gasteiger partial charge in [-0.05, 0) is 41.3 Å². The maximum atomic E-state index is 12.4. The van der Waals surface area contributed by atoms with Crippen molar-refractivity contribution in [3.63, 3.8) is 0 Å². The predicted molar refractivity (Wildman–Crippen MR) is 96.6 cm³/mol. The molecule has 2 aromatic carbocycles. The Morgan fingerprint density at radius 2 is 1.75 bits per heavy atom. The average molecular weight is 323 g/mol. The number of anilines is 1. The Morgan fingerprint density at radius 1 is 1.08 bits per heavy atom. The van der Waals surface area contributed by atoms with Crippen molar-refractivity contribution in [2.75, 3.05) is 5.32 Å². The normalized spacial score (nSPS) is 11.7. The molecule has 1 heterocycles. The first kappa shape index (κ1) is 16.1. The summed E-state index contributed by atoms with van der Waals surface area (Å²) in [5.41, 5.74) is 3.81. The van der Waals surface area contributed by atoms with E-state index >= 15 is 0 Å². The van der Waals surface area contributed by atoms with Crippen LogP contribution in [0.25, 0.3) is 11.0 Å². The van der Waals surface area contributed by atoms with Gasteiger partial charge in [-0.2, -0.15) is 0 Å². The highest BCUT2D eigenvalue weighted by Gasteiger charge is 2.14. The van der Waals surface area contributed by atoms with Crippen molar-refractivity contribution in [2.45, 2.75) is 26.2 Å². The topological polar surface area (TPSA) is 66.9 Å². The van der Waals surface area contributed by atoms with Crippen LogP contribution in [0.3, 0.4) is 0 Å². The Labute approximate surface area is 140 Å². The van der Waals surface area contributed by atoms with Crippen LogP contribution in [0, 0.1) is 0 Å². The quantitative estimate of drug-likeness (QED) is 0.759. The van der Waals surface area contributed by atoms with E-state index in [0.717, 1.165) is 5.52 Å². The molecule has 5 heteroatoms. The maximum absolute atomic E-state index is 12.4. The van der Waals surface area contributed by atoms with Gasteiger partial charge in [-0.15, -0.1) is 0 Å². The lowest BCUT2D eigenvalue weighted by Crippen LogP contribution is -2.14. The fourth-order valence-corrected chi connectivity index (χ4v) is 2.64. The molecule has 24 heavy (non-hydrogen) atoms. The van der Waals surface area contributed by atoms with E-state index in [-0.39, 0.29) is 17.0 Å². The van der Waals surface area contributed by atoms with Crippen LogP contribution >= 0.6 is 0 Å². The summed E-state index contributed by atoms with van der Waals surface area (Å²) in [6.07, 6.45) is 0. The highest BCUT2D eigenvalue weighted by molar-refractivity contribution is 6.05. The molecule has 0 fully saturated rings. The number of hydrogen-bond donors (Lipinski definition) is 2. The molecule has 0 saturated heterocycles.